The van der Waals surface area contributed by atoms with Crippen molar-refractivity contribution in [3.63, 3.8) is 0 Å². The Labute approximate surface area is 155 Å². The van der Waals surface area contributed by atoms with Gasteiger partial charge in [0.2, 0.25) is 0 Å². The SMILES string of the molecule is COCCn1c(=NC(=O)c2ccccc2Cl)sc2cc(C)c(C)cc21. The van der Waals surface area contributed by atoms with Crippen LogP contribution >= 0.6 is 22.9 Å². The van der Waals surface area contributed by atoms with Crippen molar-refractivity contribution in [1.29, 1.82) is 0 Å². The molecule has 3 aromatic rings. The molecule has 6 heteroatoms. The van der Waals surface area contributed by atoms with Gasteiger partial charge in [0, 0.05) is 13.7 Å². The van der Waals surface area contributed by atoms with Gasteiger partial charge in [-0.2, -0.15) is 4.99 Å². The van der Waals surface area contributed by atoms with Gasteiger partial charge in [-0.1, -0.05) is 35.1 Å². The van der Waals surface area contributed by atoms with E-state index < -0.39 is 0 Å². The molecule has 1 aromatic heterocycles. The van der Waals surface area contributed by atoms with Crippen molar-refractivity contribution in [3.05, 3.63) is 62.9 Å². The van der Waals surface area contributed by atoms with Crippen LogP contribution in [0.3, 0.4) is 0 Å². The summed E-state index contributed by atoms with van der Waals surface area (Å²) >= 11 is 7.63. The maximum Gasteiger partial charge on any atom is 0.281 e. The highest BCUT2D eigenvalue weighted by molar-refractivity contribution is 7.16. The molecule has 0 bridgehead atoms. The summed E-state index contributed by atoms with van der Waals surface area (Å²) in [6, 6.07) is 11.2. The van der Waals surface area contributed by atoms with Crippen LogP contribution in [0.1, 0.15) is 21.5 Å². The minimum Gasteiger partial charge on any atom is -0.383 e. The van der Waals surface area contributed by atoms with E-state index in [0.717, 1.165) is 10.2 Å². The van der Waals surface area contributed by atoms with E-state index in [0.29, 0.717) is 28.5 Å². The average molecular weight is 375 g/mol. The number of nitrogens with zero attached hydrogens (tertiary/aromatic N) is 2. The molecule has 3 rings (SSSR count). The first kappa shape index (κ1) is 17.9. The number of halogens is 1. The molecule has 0 aliphatic rings. The normalized spacial score (nSPS) is 12.1. The summed E-state index contributed by atoms with van der Waals surface area (Å²) in [5.41, 5.74) is 3.90. The van der Waals surface area contributed by atoms with E-state index in [-0.39, 0.29) is 5.91 Å². The summed E-state index contributed by atoms with van der Waals surface area (Å²) < 4.78 is 8.35. The fourth-order valence-corrected chi connectivity index (χ4v) is 3.94. The molecule has 1 heterocycles. The summed E-state index contributed by atoms with van der Waals surface area (Å²) in [5, 5.41) is 0.410. The molecule has 0 N–H and O–H groups in total. The third-order valence-corrected chi connectivity index (χ3v) is 5.49. The quantitative estimate of drug-likeness (QED) is 0.681. The number of hydrogen-bond acceptors (Lipinski definition) is 3. The number of aryl methyl sites for hydroxylation is 2. The fourth-order valence-electron chi connectivity index (χ4n) is 2.59. The zero-order valence-electron chi connectivity index (χ0n) is 14.4. The summed E-state index contributed by atoms with van der Waals surface area (Å²) in [7, 11) is 1.66. The Kier molecular flexibility index (Phi) is 5.37. The number of thiazole rings is 1. The van der Waals surface area contributed by atoms with Crippen LogP contribution in [0.15, 0.2) is 41.4 Å². The average Bonchev–Trinajstić information content (AvgIpc) is 2.90. The lowest BCUT2D eigenvalue weighted by atomic mass is 10.1. The maximum atomic E-state index is 12.6. The Bertz CT molecular complexity index is 1000. The highest BCUT2D eigenvalue weighted by Gasteiger charge is 2.12. The van der Waals surface area contributed by atoms with E-state index in [9.17, 15) is 4.79 Å². The maximum absolute atomic E-state index is 12.6. The molecule has 0 unspecified atom stereocenters. The number of benzene rings is 2. The molecule has 0 aliphatic heterocycles. The van der Waals surface area contributed by atoms with E-state index in [1.165, 1.54) is 22.5 Å². The van der Waals surface area contributed by atoms with Crippen LogP contribution in [-0.4, -0.2) is 24.2 Å². The molecule has 0 saturated carbocycles. The van der Waals surface area contributed by atoms with Gasteiger partial charge < -0.3 is 9.30 Å². The second kappa shape index (κ2) is 7.52. The summed E-state index contributed by atoms with van der Waals surface area (Å²) in [6.07, 6.45) is 0. The van der Waals surface area contributed by atoms with Gasteiger partial charge in [-0.15, -0.1) is 0 Å². The van der Waals surface area contributed by atoms with E-state index in [1.807, 2.05) is 4.57 Å². The van der Waals surface area contributed by atoms with E-state index >= 15 is 0 Å². The smallest absolute Gasteiger partial charge is 0.281 e. The number of aromatic nitrogens is 1. The van der Waals surface area contributed by atoms with Crippen molar-refractivity contribution >= 4 is 39.1 Å². The summed E-state index contributed by atoms with van der Waals surface area (Å²) in [5.74, 6) is -0.336. The van der Waals surface area contributed by atoms with Gasteiger partial charge in [0.05, 0.1) is 27.4 Å². The number of rotatable bonds is 4. The van der Waals surface area contributed by atoms with Crippen LogP contribution in [0.5, 0.6) is 0 Å². The molecule has 2 aromatic carbocycles. The topological polar surface area (TPSA) is 43.6 Å². The van der Waals surface area contributed by atoms with Crippen LogP contribution in [0, 0.1) is 13.8 Å². The molecular weight excluding hydrogens is 356 g/mol. The van der Waals surface area contributed by atoms with Gasteiger partial charge in [-0.05, 0) is 49.2 Å². The van der Waals surface area contributed by atoms with Gasteiger partial charge in [0.15, 0.2) is 4.80 Å². The first-order chi connectivity index (χ1) is 12.0. The number of carbonyl (C=O) groups excluding carboxylic acids is 1. The highest BCUT2D eigenvalue weighted by Crippen LogP contribution is 2.22. The second-order valence-corrected chi connectivity index (χ2v) is 7.25. The Hall–Kier alpha value is -1.95. The first-order valence-electron chi connectivity index (χ1n) is 7.94. The Balaban J connectivity index is 2.17. The van der Waals surface area contributed by atoms with Crippen molar-refractivity contribution in [3.8, 4) is 0 Å². The fraction of sp³-hybridized carbons (Fsp3) is 0.263. The Morgan fingerprint density at radius 3 is 2.68 bits per heavy atom. The lowest BCUT2D eigenvalue weighted by molar-refractivity contribution is 0.0997. The summed E-state index contributed by atoms with van der Waals surface area (Å²) in [6.45, 7) is 5.35. The van der Waals surface area contributed by atoms with Gasteiger partial charge in [0.1, 0.15) is 0 Å². The lowest BCUT2D eigenvalue weighted by Crippen LogP contribution is -2.19. The second-order valence-electron chi connectivity index (χ2n) is 5.83. The third kappa shape index (κ3) is 3.68. The van der Waals surface area contributed by atoms with Crippen molar-refractivity contribution in [2.45, 2.75) is 20.4 Å². The lowest BCUT2D eigenvalue weighted by Gasteiger charge is -2.06. The molecule has 0 radical (unpaired) electrons. The highest BCUT2D eigenvalue weighted by atomic mass is 35.5. The molecule has 0 saturated heterocycles. The van der Waals surface area contributed by atoms with Crippen molar-refractivity contribution in [2.75, 3.05) is 13.7 Å². The van der Waals surface area contributed by atoms with Crippen molar-refractivity contribution in [1.82, 2.24) is 4.57 Å². The van der Waals surface area contributed by atoms with Gasteiger partial charge in [0.25, 0.3) is 5.91 Å². The standard InChI is InChI=1S/C19H19ClN2O2S/c1-12-10-16-17(11-13(12)2)25-19(22(16)8-9-24-3)21-18(23)14-6-4-5-7-15(14)20/h4-7,10-11H,8-9H2,1-3H3. The number of fused-ring (bicyclic) bond motifs is 1. The number of carbonyl (C=O) groups is 1. The molecule has 0 spiro atoms. The van der Waals surface area contributed by atoms with Crippen molar-refractivity contribution in [2.24, 2.45) is 4.99 Å². The number of amides is 1. The first-order valence-corrected chi connectivity index (χ1v) is 9.14. The van der Waals surface area contributed by atoms with Gasteiger partial charge >= 0.3 is 0 Å². The van der Waals surface area contributed by atoms with Crippen molar-refractivity contribution < 1.29 is 9.53 Å². The zero-order valence-corrected chi connectivity index (χ0v) is 15.9. The summed E-state index contributed by atoms with van der Waals surface area (Å²) in [4.78, 5) is 17.6. The number of methoxy groups -OCH3 is 1. The third-order valence-electron chi connectivity index (χ3n) is 4.12. The Morgan fingerprint density at radius 1 is 1.24 bits per heavy atom. The van der Waals surface area contributed by atoms with Crippen LogP contribution in [0.4, 0.5) is 0 Å². The van der Waals surface area contributed by atoms with E-state index in [2.05, 4.69) is 31.0 Å². The molecule has 0 aliphatic carbocycles. The molecule has 130 valence electrons. The minimum absolute atomic E-state index is 0.336. The van der Waals surface area contributed by atoms with Crippen LogP contribution in [0.2, 0.25) is 5.02 Å². The largest absolute Gasteiger partial charge is 0.383 e. The zero-order chi connectivity index (χ0) is 18.0. The predicted octanol–water partition coefficient (Wildman–Crippen LogP) is 4.36. The van der Waals surface area contributed by atoms with Crippen LogP contribution in [0.25, 0.3) is 10.2 Å². The minimum atomic E-state index is -0.336. The number of hydrogen-bond donors (Lipinski definition) is 0. The molecule has 1 amide bonds. The van der Waals surface area contributed by atoms with Crippen LogP contribution in [-0.2, 0) is 11.3 Å². The van der Waals surface area contributed by atoms with Gasteiger partial charge in [-0.3, -0.25) is 4.79 Å². The molecule has 25 heavy (non-hydrogen) atoms. The molecule has 0 atom stereocenters. The monoisotopic (exact) mass is 374 g/mol. The van der Waals surface area contributed by atoms with Crippen LogP contribution < -0.4 is 4.80 Å². The van der Waals surface area contributed by atoms with E-state index in [4.69, 9.17) is 16.3 Å². The molecule has 0 fully saturated rings. The number of ether oxygens (including phenoxy) is 1. The Morgan fingerprint density at radius 2 is 1.96 bits per heavy atom. The molecule has 4 nitrogen and oxygen atoms in total. The predicted molar refractivity (Wildman–Crippen MR) is 103 cm³/mol. The van der Waals surface area contributed by atoms with E-state index in [1.54, 1.807) is 31.4 Å². The molecular formula is C19H19ClN2O2S. The van der Waals surface area contributed by atoms with Gasteiger partial charge in [-0.25, -0.2) is 0 Å².